The number of benzene rings is 3. The van der Waals surface area contributed by atoms with E-state index < -0.39 is 43.6 Å². The number of hydrogen-bond acceptors (Lipinski definition) is 4. The number of oxime groups is 1. The van der Waals surface area contributed by atoms with E-state index in [2.05, 4.69) is 9.99 Å². The van der Waals surface area contributed by atoms with E-state index in [1.807, 2.05) is 0 Å². The molecule has 0 fully saturated rings. The first-order chi connectivity index (χ1) is 14.9. The summed E-state index contributed by atoms with van der Waals surface area (Å²) in [5.74, 6) is 0. The fraction of sp³-hybridized carbons (Fsp3) is 0.190. The average molecular weight is 473 g/mol. The first-order valence-corrected chi connectivity index (χ1v) is 10.6. The molecule has 0 aliphatic carbocycles. The standard InChI is InChI=1S/C21H13F6NO3S/c22-20(23,24)19(16-11-10-13-6-4-5-9-15(13)12-16)18(32(29,30)21(25,26)27)17(28-31-19)14-7-2-1-3-8-14/h1-12,18H/t18-,19-/m0/s1. The van der Waals surface area contributed by atoms with Gasteiger partial charge in [0.1, 0.15) is 5.71 Å². The summed E-state index contributed by atoms with van der Waals surface area (Å²) in [5.41, 5.74) is -11.9. The van der Waals surface area contributed by atoms with Crippen LogP contribution in [0.15, 0.2) is 78.0 Å². The second-order valence-electron chi connectivity index (χ2n) is 7.10. The smallest absolute Gasteiger partial charge is 0.372 e. The van der Waals surface area contributed by atoms with Crippen molar-refractivity contribution in [1.82, 2.24) is 0 Å². The fourth-order valence-corrected chi connectivity index (χ4v) is 5.20. The van der Waals surface area contributed by atoms with E-state index >= 15 is 0 Å². The molecular weight excluding hydrogens is 460 g/mol. The van der Waals surface area contributed by atoms with Crippen LogP contribution < -0.4 is 0 Å². The highest BCUT2D eigenvalue weighted by Gasteiger charge is 2.75. The van der Waals surface area contributed by atoms with Crippen LogP contribution in [0.4, 0.5) is 26.3 Å². The van der Waals surface area contributed by atoms with Crippen molar-refractivity contribution in [1.29, 1.82) is 0 Å². The molecule has 0 spiro atoms. The number of alkyl halides is 6. The molecule has 3 aromatic carbocycles. The zero-order chi connectivity index (χ0) is 23.4. The molecule has 3 aromatic rings. The highest BCUT2D eigenvalue weighted by atomic mass is 32.2. The van der Waals surface area contributed by atoms with Crippen molar-refractivity contribution in [2.45, 2.75) is 22.5 Å². The number of halogens is 6. The van der Waals surface area contributed by atoms with Crippen molar-refractivity contribution in [2.24, 2.45) is 5.16 Å². The Morgan fingerprint density at radius 1 is 0.812 bits per heavy atom. The van der Waals surface area contributed by atoms with Crippen LogP contribution in [0.3, 0.4) is 0 Å². The SMILES string of the molecule is O=S(=O)([C@H]1C(c2ccccc2)=NO[C@]1(c1ccc2ccccc2c1)C(F)(F)F)C(F)(F)F. The van der Waals surface area contributed by atoms with Crippen LogP contribution in [0.5, 0.6) is 0 Å². The van der Waals surface area contributed by atoms with Gasteiger partial charge in [0.15, 0.2) is 5.25 Å². The first-order valence-electron chi connectivity index (χ1n) is 9.07. The summed E-state index contributed by atoms with van der Waals surface area (Å²) < 4.78 is 110. The van der Waals surface area contributed by atoms with E-state index in [0.717, 1.165) is 24.3 Å². The number of rotatable bonds is 3. The lowest BCUT2D eigenvalue weighted by Crippen LogP contribution is -2.58. The van der Waals surface area contributed by atoms with Crippen LogP contribution in [-0.2, 0) is 20.3 Å². The lowest BCUT2D eigenvalue weighted by Gasteiger charge is -2.35. The highest BCUT2D eigenvalue weighted by molar-refractivity contribution is 7.93. The average Bonchev–Trinajstić information content (AvgIpc) is 3.16. The van der Waals surface area contributed by atoms with Crippen LogP contribution in [-0.4, -0.2) is 31.1 Å². The van der Waals surface area contributed by atoms with Gasteiger partial charge in [0.2, 0.25) is 0 Å². The van der Waals surface area contributed by atoms with E-state index in [-0.39, 0.29) is 10.9 Å². The van der Waals surface area contributed by atoms with Crippen molar-refractivity contribution in [2.75, 3.05) is 0 Å². The van der Waals surface area contributed by atoms with Crippen LogP contribution in [0.1, 0.15) is 11.1 Å². The van der Waals surface area contributed by atoms with Crippen molar-refractivity contribution in [3.8, 4) is 0 Å². The summed E-state index contributed by atoms with van der Waals surface area (Å²) in [5, 5.41) is 0.815. The molecule has 4 rings (SSSR count). The molecule has 0 unspecified atom stereocenters. The Kier molecular flexibility index (Phi) is 5.00. The van der Waals surface area contributed by atoms with E-state index in [1.54, 1.807) is 12.1 Å². The van der Waals surface area contributed by atoms with Gasteiger partial charge in [0.25, 0.3) is 15.4 Å². The highest BCUT2D eigenvalue weighted by Crippen LogP contribution is 2.53. The van der Waals surface area contributed by atoms with Crippen molar-refractivity contribution >= 4 is 26.3 Å². The van der Waals surface area contributed by atoms with Crippen LogP contribution in [0.25, 0.3) is 10.8 Å². The molecule has 0 bridgehead atoms. The summed E-state index contributed by atoms with van der Waals surface area (Å²) in [6, 6.07) is 15.8. The van der Waals surface area contributed by atoms with Crippen molar-refractivity contribution < 1.29 is 39.6 Å². The minimum Gasteiger partial charge on any atom is -0.372 e. The van der Waals surface area contributed by atoms with Gasteiger partial charge < -0.3 is 4.84 Å². The molecule has 0 saturated heterocycles. The topological polar surface area (TPSA) is 55.7 Å². The minimum atomic E-state index is -6.44. The fourth-order valence-electron chi connectivity index (χ4n) is 3.71. The van der Waals surface area contributed by atoms with E-state index in [1.165, 1.54) is 36.4 Å². The van der Waals surface area contributed by atoms with Crippen LogP contribution in [0, 0.1) is 0 Å². The molecule has 0 N–H and O–H groups in total. The molecule has 11 heteroatoms. The number of fused-ring (bicyclic) bond motifs is 1. The van der Waals surface area contributed by atoms with E-state index in [9.17, 15) is 34.8 Å². The molecule has 0 radical (unpaired) electrons. The molecular formula is C21H13F6NO3S. The van der Waals surface area contributed by atoms with E-state index in [4.69, 9.17) is 0 Å². The van der Waals surface area contributed by atoms with Gasteiger partial charge in [0.05, 0.1) is 0 Å². The predicted molar refractivity (Wildman–Crippen MR) is 105 cm³/mol. The Morgan fingerprint density at radius 3 is 2.00 bits per heavy atom. The quantitative estimate of drug-likeness (QED) is 0.483. The summed E-state index contributed by atoms with van der Waals surface area (Å²) in [6.07, 6.45) is -5.57. The van der Waals surface area contributed by atoms with Gasteiger partial charge in [-0.15, -0.1) is 0 Å². The van der Waals surface area contributed by atoms with Gasteiger partial charge in [-0.3, -0.25) is 0 Å². The maximum Gasteiger partial charge on any atom is 0.498 e. The first kappa shape index (κ1) is 22.1. The third kappa shape index (κ3) is 3.22. The summed E-state index contributed by atoms with van der Waals surface area (Å²) in [7, 11) is -6.44. The van der Waals surface area contributed by atoms with Crippen LogP contribution in [0.2, 0.25) is 0 Å². The Morgan fingerprint density at radius 2 is 1.41 bits per heavy atom. The van der Waals surface area contributed by atoms with Gasteiger partial charge in [0, 0.05) is 11.1 Å². The van der Waals surface area contributed by atoms with Gasteiger partial charge in [-0.25, -0.2) is 8.42 Å². The zero-order valence-corrected chi connectivity index (χ0v) is 16.7. The van der Waals surface area contributed by atoms with Gasteiger partial charge in [-0.1, -0.05) is 71.9 Å². The molecule has 168 valence electrons. The Bertz CT molecular complexity index is 1300. The predicted octanol–water partition coefficient (Wildman–Crippen LogP) is 5.34. The molecule has 4 nitrogen and oxygen atoms in total. The third-order valence-corrected chi connectivity index (χ3v) is 7.03. The monoisotopic (exact) mass is 473 g/mol. The molecule has 1 aliphatic heterocycles. The largest absolute Gasteiger partial charge is 0.498 e. The van der Waals surface area contributed by atoms with Gasteiger partial charge in [-0.2, -0.15) is 26.3 Å². The summed E-state index contributed by atoms with van der Waals surface area (Å²) >= 11 is 0. The third-order valence-electron chi connectivity index (χ3n) is 5.21. The summed E-state index contributed by atoms with van der Waals surface area (Å²) in [4.78, 5) is 4.68. The van der Waals surface area contributed by atoms with Crippen molar-refractivity contribution in [3.05, 3.63) is 83.9 Å². The molecule has 0 amide bonds. The molecule has 0 saturated carbocycles. The van der Waals surface area contributed by atoms with Gasteiger partial charge >= 0.3 is 11.7 Å². The maximum absolute atomic E-state index is 14.5. The minimum absolute atomic E-state index is 0.239. The van der Waals surface area contributed by atoms with Crippen LogP contribution >= 0.6 is 0 Å². The molecule has 1 aliphatic rings. The zero-order valence-electron chi connectivity index (χ0n) is 15.9. The normalized spacial score (nSPS) is 21.9. The number of sulfone groups is 1. The summed E-state index contributed by atoms with van der Waals surface area (Å²) in [6.45, 7) is 0. The second kappa shape index (κ2) is 7.22. The lowest BCUT2D eigenvalue weighted by atomic mass is 9.85. The number of nitrogens with zero attached hydrogens (tertiary/aromatic N) is 1. The van der Waals surface area contributed by atoms with Gasteiger partial charge in [-0.05, 0) is 16.8 Å². The van der Waals surface area contributed by atoms with E-state index in [0.29, 0.717) is 5.39 Å². The lowest BCUT2D eigenvalue weighted by molar-refractivity contribution is -0.274. The molecule has 1 heterocycles. The maximum atomic E-state index is 14.5. The second-order valence-corrected chi connectivity index (χ2v) is 9.12. The number of hydrogen-bond donors (Lipinski definition) is 0. The Hall–Kier alpha value is -3.08. The Labute approximate surface area is 178 Å². The molecule has 2 atom stereocenters. The molecule has 32 heavy (non-hydrogen) atoms. The molecule has 0 aromatic heterocycles. The Balaban J connectivity index is 2.04. The van der Waals surface area contributed by atoms with Crippen molar-refractivity contribution in [3.63, 3.8) is 0 Å².